The summed E-state index contributed by atoms with van der Waals surface area (Å²) in [5, 5.41) is 0. The molecule has 0 aromatic heterocycles. The summed E-state index contributed by atoms with van der Waals surface area (Å²) < 4.78 is 44.2. The van der Waals surface area contributed by atoms with Gasteiger partial charge in [-0.1, -0.05) is 0 Å². The third-order valence-corrected chi connectivity index (χ3v) is 2.50. The maximum Gasteiger partial charge on any atom is 0.153 e. The van der Waals surface area contributed by atoms with Gasteiger partial charge in [-0.15, -0.1) is 0 Å². The minimum absolute atomic E-state index is 0.0301. The molecule has 0 heterocycles. The van der Waals surface area contributed by atoms with E-state index in [9.17, 15) is 18.0 Å². The van der Waals surface area contributed by atoms with Gasteiger partial charge in [-0.05, 0) is 30.3 Å². The summed E-state index contributed by atoms with van der Waals surface area (Å²) in [6, 6.07) is 6.51. The molecule has 0 saturated carbocycles. The van der Waals surface area contributed by atoms with Crippen molar-refractivity contribution < 1.29 is 22.7 Å². The Labute approximate surface area is 107 Å². The lowest BCUT2D eigenvalue weighted by Gasteiger charge is -2.09. The molecule has 2 aromatic carbocycles. The first-order chi connectivity index (χ1) is 9.10. The molecular formula is C14H9F3O2. The highest BCUT2D eigenvalue weighted by molar-refractivity contribution is 5.79. The van der Waals surface area contributed by atoms with Crippen LogP contribution in [0.4, 0.5) is 13.2 Å². The highest BCUT2D eigenvalue weighted by Gasteiger charge is 2.08. The molecule has 0 amide bonds. The lowest BCUT2D eigenvalue weighted by molar-refractivity contribution is 0.111. The third kappa shape index (κ3) is 3.13. The molecule has 0 bridgehead atoms. The van der Waals surface area contributed by atoms with Crippen LogP contribution in [-0.2, 0) is 6.61 Å². The molecule has 5 heteroatoms. The molecule has 2 aromatic rings. The Balaban J connectivity index is 2.16. The lowest BCUT2D eigenvalue weighted by atomic mass is 10.2. The van der Waals surface area contributed by atoms with Gasteiger partial charge in [0.05, 0.1) is 5.56 Å². The van der Waals surface area contributed by atoms with Crippen LogP contribution < -0.4 is 4.74 Å². The number of hydrogen-bond acceptors (Lipinski definition) is 2. The first-order valence-electron chi connectivity index (χ1n) is 5.41. The zero-order chi connectivity index (χ0) is 13.8. The summed E-state index contributed by atoms with van der Waals surface area (Å²) in [4.78, 5) is 10.7. The second-order valence-corrected chi connectivity index (χ2v) is 3.82. The highest BCUT2D eigenvalue weighted by atomic mass is 19.1. The molecular weight excluding hydrogens is 257 g/mol. The minimum Gasteiger partial charge on any atom is -0.488 e. The summed E-state index contributed by atoms with van der Waals surface area (Å²) in [7, 11) is 0. The summed E-state index contributed by atoms with van der Waals surface area (Å²) in [5.41, 5.74) is 0.171. The largest absolute Gasteiger partial charge is 0.488 e. The van der Waals surface area contributed by atoms with Crippen molar-refractivity contribution in [1.29, 1.82) is 0 Å². The summed E-state index contributed by atoms with van der Waals surface area (Å²) in [6.07, 6.45) is 0.444. The standard InChI is InChI=1S/C14H9F3O2/c15-11-3-4-14(10(5-11)7-18)19-8-9-1-2-12(16)6-13(9)17/h1-7H,8H2. The van der Waals surface area contributed by atoms with Crippen molar-refractivity contribution in [3.05, 3.63) is 65.0 Å². The molecule has 2 nitrogen and oxygen atoms in total. The van der Waals surface area contributed by atoms with Gasteiger partial charge in [0.1, 0.15) is 29.8 Å². The van der Waals surface area contributed by atoms with E-state index < -0.39 is 17.5 Å². The fourth-order valence-corrected chi connectivity index (χ4v) is 1.54. The molecule has 2 rings (SSSR count). The zero-order valence-electron chi connectivity index (χ0n) is 9.70. The number of carbonyl (C=O) groups is 1. The van der Waals surface area contributed by atoms with Crippen LogP contribution in [0, 0.1) is 17.5 Å². The predicted molar refractivity (Wildman–Crippen MR) is 62.5 cm³/mol. The maximum absolute atomic E-state index is 13.4. The smallest absolute Gasteiger partial charge is 0.153 e. The van der Waals surface area contributed by atoms with Crippen molar-refractivity contribution in [3.63, 3.8) is 0 Å². The van der Waals surface area contributed by atoms with Gasteiger partial charge in [0.25, 0.3) is 0 Å². The van der Waals surface area contributed by atoms with E-state index in [2.05, 4.69) is 0 Å². The topological polar surface area (TPSA) is 26.3 Å². The molecule has 0 spiro atoms. The Bertz CT molecular complexity index is 612. The SMILES string of the molecule is O=Cc1cc(F)ccc1OCc1ccc(F)cc1F. The van der Waals surface area contributed by atoms with Gasteiger partial charge in [0, 0.05) is 11.6 Å². The van der Waals surface area contributed by atoms with E-state index in [1.54, 1.807) is 0 Å². The van der Waals surface area contributed by atoms with Gasteiger partial charge in [0.15, 0.2) is 6.29 Å². The fraction of sp³-hybridized carbons (Fsp3) is 0.0714. The second-order valence-electron chi connectivity index (χ2n) is 3.82. The maximum atomic E-state index is 13.4. The van der Waals surface area contributed by atoms with Crippen LogP contribution in [0.2, 0.25) is 0 Å². The van der Waals surface area contributed by atoms with Crippen LogP contribution in [0.5, 0.6) is 5.75 Å². The summed E-state index contributed by atoms with van der Waals surface area (Å²) in [5.74, 6) is -1.85. The van der Waals surface area contributed by atoms with Crippen molar-refractivity contribution in [2.45, 2.75) is 6.61 Å². The monoisotopic (exact) mass is 266 g/mol. The number of halogens is 3. The third-order valence-electron chi connectivity index (χ3n) is 2.50. The first kappa shape index (κ1) is 13.1. The van der Waals surface area contributed by atoms with E-state index in [0.717, 1.165) is 24.3 Å². The van der Waals surface area contributed by atoms with Crippen molar-refractivity contribution >= 4 is 6.29 Å². The number of aldehydes is 1. The van der Waals surface area contributed by atoms with Gasteiger partial charge in [-0.3, -0.25) is 4.79 Å². The van der Waals surface area contributed by atoms with Gasteiger partial charge < -0.3 is 4.74 Å². The van der Waals surface area contributed by atoms with E-state index >= 15 is 0 Å². The highest BCUT2D eigenvalue weighted by Crippen LogP contribution is 2.20. The van der Waals surface area contributed by atoms with E-state index in [-0.39, 0.29) is 23.5 Å². The van der Waals surface area contributed by atoms with E-state index in [1.165, 1.54) is 12.1 Å². The molecule has 0 radical (unpaired) electrons. The van der Waals surface area contributed by atoms with Crippen LogP contribution in [-0.4, -0.2) is 6.29 Å². The molecule has 0 aliphatic carbocycles. The number of hydrogen-bond donors (Lipinski definition) is 0. The second kappa shape index (κ2) is 5.56. The average Bonchev–Trinajstić information content (AvgIpc) is 2.39. The zero-order valence-corrected chi connectivity index (χ0v) is 9.70. The van der Waals surface area contributed by atoms with Crippen LogP contribution in [0.25, 0.3) is 0 Å². The Kier molecular flexibility index (Phi) is 3.85. The average molecular weight is 266 g/mol. The van der Waals surface area contributed by atoms with Crippen LogP contribution >= 0.6 is 0 Å². The Morgan fingerprint density at radius 1 is 1.00 bits per heavy atom. The normalized spacial score (nSPS) is 10.3. The number of ether oxygens (including phenoxy) is 1. The Morgan fingerprint density at radius 3 is 2.37 bits per heavy atom. The van der Waals surface area contributed by atoms with Crippen molar-refractivity contribution in [1.82, 2.24) is 0 Å². The molecule has 98 valence electrons. The van der Waals surface area contributed by atoms with Crippen molar-refractivity contribution in [2.24, 2.45) is 0 Å². The van der Waals surface area contributed by atoms with Crippen molar-refractivity contribution in [3.8, 4) is 5.75 Å². The van der Waals surface area contributed by atoms with Gasteiger partial charge in [-0.25, -0.2) is 13.2 Å². The first-order valence-corrected chi connectivity index (χ1v) is 5.41. The van der Waals surface area contributed by atoms with E-state index in [1.807, 2.05) is 0 Å². The molecule has 0 fully saturated rings. The molecule has 0 atom stereocenters. The quantitative estimate of drug-likeness (QED) is 0.792. The molecule has 0 N–H and O–H groups in total. The van der Waals surface area contributed by atoms with Crippen LogP contribution in [0.15, 0.2) is 36.4 Å². The molecule has 19 heavy (non-hydrogen) atoms. The minimum atomic E-state index is -0.741. The van der Waals surface area contributed by atoms with Gasteiger partial charge >= 0.3 is 0 Å². The van der Waals surface area contributed by atoms with Crippen molar-refractivity contribution in [2.75, 3.05) is 0 Å². The van der Waals surface area contributed by atoms with Gasteiger partial charge in [0.2, 0.25) is 0 Å². The molecule has 0 aliphatic heterocycles. The lowest BCUT2D eigenvalue weighted by Crippen LogP contribution is -2.01. The molecule has 0 saturated heterocycles. The van der Waals surface area contributed by atoms with E-state index in [0.29, 0.717) is 6.29 Å². The van der Waals surface area contributed by atoms with Crippen LogP contribution in [0.3, 0.4) is 0 Å². The summed E-state index contributed by atoms with van der Waals surface area (Å²) in [6.45, 7) is -0.182. The fourth-order valence-electron chi connectivity index (χ4n) is 1.54. The molecule has 0 aliphatic rings. The van der Waals surface area contributed by atoms with Gasteiger partial charge in [-0.2, -0.15) is 0 Å². The number of carbonyl (C=O) groups excluding carboxylic acids is 1. The molecule has 0 unspecified atom stereocenters. The summed E-state index contributed by atoms with van der Waals surface area (Å²) >= 11 is 0. The number of rotatable bonds is 4. The van der Waals surface area contributed by atoms with E-state index in [4.69, 9.17) is 4.74 Å². The predicted octanol–water partition coefficient (Wildman–Crippen LogP) is 3.50. The Hall–Kier alpha value is -2.30. The van der Waals surface area contributed by atoms with Crippen LogP contribution in [0.1, 0.15) is 15.9 Å². The number of benzene rings is 2. The Morgan fingerprint density at radius 2 is 1.68 bits per heavy atom.